The number of hydrogen-bond donors (Lipinski definition) is 2. The summed E-state index contributed by atoms with van der Waals surface area (Å²) in [6, 6.07) is 17.1. The summed E-state index contributed by atoms with van der Waals surface area (Å²) >= 11 is 7.68. The highest BCUT2D eigenvalue weighted by Crippen LogP contribution is 2.28. The summed E-state index contributed by atoms with van der Waals surface area (Å²) in [6.07, 6.45) is 1.63. The minimum atomic E-state index is -0.223. The molecule has 4 nitrogen and oxygen atoms in total. The van der Waals surface area contributed by atoms with Crippen LogP contribution in [0.3, 0.4) is 0 Å². The first kappa shape index (κ1) is 18.3. The van der Waals surface area contributed by atoms with Gasteiger partial charge in [-0.3, -0.25) is 9.78 Å². The van der Waals surface area contributed by atoms with Crippen LogP contribution in [0.2, 0.25) is 5.02 Å². The minimum absolute atomic E-state index is 0.223. The van der Waals surface area contributed by atoms with Crippen LogP contribution in [0, 0.1) is 13.8 Å². The number of aryl methyl sites for hydroxylation is 2. The lowest BCUT2D eigenvalue weighted by molar-refractivity contribution is 0.102. The number of benzene rings is 2. The second-order valence-electron chi connectivity index (χ2n) is 5.88. The maximum atomic E-state index is 12.2. The molecule has 0 aliphatic heterocycles. The summed E-state index contributed by atoms with van der Waals surface area (Å²) in [4.78, 5) is 17.3. The van der Waals surface area contributed by atoms with Crippen LogP contribution in [0.4, 0.5) is 11.4 Å². The Hall–Kier alpha value is -2.50. The highest BCUT2D eigenvalue weighted by atomic mass is 35.5. The standard InChI is InChI=1S/C20H18ClN3OS/c1-13-3-8-18(17(21)11-13)24-26-16-6-4-15(5-7-16)23-20(25)19-12-14(2)9-10-22-19/h3-12,24H,1-2H3,(H,23,25). The number of hydrogen-bond acceptors (Lipinski definition) is 4. The highest BCUT2D eigenvalue weighted by Gasteiger charge is 2.08. The summed E-state index contributed by atoms with van der Waals surface area (Å²) < 4.78 is 3.24. The van der Waals surface area contributed by atoms with E-state index >= 15 is 0 Å². The molecule has 3 aromatic rings. The predicted octanol–water partition coefficient (Wildman–Crippen LogP) is 5.72. The fourth-order valence-electron chi connectivity index (χ4n) is 2.28. The normalized spacial score (nSPS) is 10.4. The number of nitrogens with zero attached hydrogens (tertiary/aromatic N) is 1. The second kappa shape index (κ2) is 8.25. The highest BCUT2D eigenvalue weighted by molar-refractivity contribution is 8.00. The van der Waals surface area contributed by atoms with Crippen molar-refractivity contribution in [1.29, 1.82) is 0 Å². The summed E-state index contributed by atoms with van der Waals surface area (Å²) in [5.41, 5.74) is 4.10. The lowest BCUT2D eigenvalue weighted by Crippen LogP contribution is -2.13. The second-order valence-corrected chi connectivity index (χ2v) is 7.17. The van der Waals surface area contributed by atoms with Crippen LogP contribution in [0.1, 0.15) is 21.6 Å². The van der Waals surface area contributed by atoms with Gasteiger partial charge >= 0.3 is 0 Å². The molecular formula is C20H18ClN3OS. The maximum Gasteiger partial charge on any atom is 0.274 e. The first-order valence-corrected chi connectivity index (χ1v) is 9.24. The summed E-state index contributed by atoms with van der Waals surface area (Å²) in [7, 11) is 0. The molecule has 3 rings (SSSR count). The van der Waals surface area contributed by atoms with E-state index in [9.17, 15) is 4.79 Å². The SMILES string of the molecule is Cc1ccnc(C(=O)Nc2ccc(SNc3ccc(C)cc3Cl)cc2)c1. The van der Waals surface area contributed by atoms with E-state index < -0.39 is 0 Å². The summed E-state index contributed by atoms with van der Waals surface area (Å²) in [5, 5.41) is 3.54. The number of amides is 1. The number of aromatic nitrogens is 1. The molecule has 1 aromatic heterocycles. The zero-order valence-corrected chi connectivity index (χ0v) is 16.0. The average molecular weight is 384 g/mol. The van der Waals surface area contributed by atoms with E-state index in [0.29, 0.717) is 10.7 Å². The van der Waals surface area contributed by atoms with Gasteiger partial charge in [-0.15, -0.1) is 0 Å². The van der Waals surface area contributed by atoms with Crippen molar-refractivity contribution in [1.82, 2.24) is 4.98 Å². The fraction of sp³-hybridized carbons (Fsp3) is 0.100. The molecule has 0 spiro atoms. The predicted molar refractivity (Wildman–Crippen MR) is 109 cm³/mol. The smallest absolute Gasteiger partial charge is 0.274 e. The third kappa shape index (κ3) is 4.77. The van der Waals surface area contributed by atoms with E-state index in [2.05, 4.69) is 15.0 Å². The van der Waals surface area contributed by atoms with Crippen molar-refractivity contribution in [2.24, 2.45) is 0 Å². The first-order chi connectivity index (χ1) is 12.5. The van der Waals surface area contributed by atoms with E-state index in [-0.39, 0.29) is 5.91 Å². The topological polar surface area (TPSA) is 54.0 Å². The molecule has 0 bridgehead atoms. The molecule has 0 fully saturated rings. The van der Waals surface area contributed by atoms with Crippen LogP contribution in [0.5, 0.6) is 0 Å². The van der Waals surface area contributed by atoms with E-state index in [1.165, 1.54) is 11.9 Å². The van der Waals surface area contributed by atoms with Crippen LogP contribution in [0.25, 0.3) is 0 Å². The minimum Gasteiger partial charge on any atom is -0.324 e. The quantitative estimate of drug-likeness (QED) is 0.553. The van der Waals surface area contributed by atoms with E-state index in [0.717, 1.165) is 27.4 Å². The number of carbonyl (C=O) groups excluding carboxylic acids is 1. The van der Waals surface area contributed by atoms with Crippen molar-refractivity contribution in [2.75, 3.05) is 10.0 Å². The number of halogens is 1. The molecule has 132 valence electrons. The van der Waals surface area contributed by atoms with E-state index in [1.807, 2.05) is 62.4 Å². The van der Waals surface area contributed by atoms with Crippen LogP contribution in [-0.4, -0.2) is 10.9 Å². The molecule has 0 radical (unpaired) electrons. The van der Waals surface area contributed by atoms with E-state index in [4.69, 9.17) is 11.6 Å². The van der Waals surface area contributed by atoms with Gasteiger partial charge in [0, 0.05) is 16.8 Å². The van der Waals surface area contributed by atoms with Gasteiger partial charge in [-0.1, -0.05) is 17.7 Å². The number of carbonyl (C=O) groups is 1. The molecule has 0 saturated carbocycles. The molecule has 2 N–H and O–H groups in total. The van der Waals surface area contributed by atoms with Crippen molar-refractivity contribution in [3.63, 3.8) is 0 Å². The molecule has 2 aromatic carbocycles. The van der Waals surface area contributed by atoms with Gasteiger partial charge < -0.3 is 10.0 Å². The Bertz CT molecular complexity index is 929. The molecular weight excluding hydrogens is 366 g/mol. The Morgan fingerprint density at radius 1 is 1.00 bits per heavy atom. The molecule has 0 atom stereocenters. The number of anilines is 2. The van der Waals surface area contributed by atoms with Crippen molar-refractivity contribution < 1.29 is 4.79 Å². The molecule has 0 aliphatic carbocycles. The Balaban J connectivity index is 1.60. The lowest BCUT2D eigenvalue weighted by Gasteiger charge is -2.09. The van der Waals surface area contributed by atoms with Gasteiger partial charge in [0.2, 0.25) is 0 Å². The average Bonchev–Trinajstić information content (AvgIpc) is 2.62. The molecule has 1 amide bonds. The Morgan fingerprint density at radius 2 is 1.73 bits per heavy atom. The third-order valence-corrected chi connectivity index (χ3v) is 4.81. The van der Waals surface area contributed by atoms with E-state index in [1.54, 1.807) is 12.3 Å². The molecule has 0 aliphatic rings. The van der Waals surface area contributed by atoms with Gasteiger partial charge in [0.1, 0.15) is 5.69 Å². The van der Waals surface area contributed by atoms with Crippen molar-refractivity contribution in [3.05, 3.63) is 82.6 Å². The van der Waals surface area contributed by atoms with Crippen molar-refractivity contribution >= 4 is 40.8 Å². The molecule has 0 saturated heterocycles. The lowest BCUT2D eigenvalue weighted by atomic mass is 10.2. The molecule has 1 heterocycles. The maximum absolute atomic E-state index is 12.2. The van der Waals surface area contributed by atoms with Gasteiger partial charge in [0.15, 0.2) is 0 Å². The van der Waals surface area contributed by atoms with Gasteiger partial charge in [-0.2, -0.15) is 0 Å². The first-order valence-electron chi connectivity index (χ1n) is 8.04. The molecule has 26 heavy (non-hydrogen) atoms. The van der Waals surface area contributed by atoms with Crippen LogP contribution < -0.4 is 10.0 Å². The van der Waals surface area contributed by atoms with Gasteiger partial charge in [-0.25, -0.2) is 0 Å². The molecule has 6 heteroatoms. The zero-order valence-electron chi connectivity index (χ0n) is 14.4. The van der Waals surface area contributed by atoms with Gasteiger partial charge in [-0.05, 0) is 85.5 Å². The molecule has 0 unspecified atom stereocenters. The van der Waals surface area contributed by atoms with Crippen LogP contribution in [-0.2, 0) is 0 Å². The number of rotatable bonds is 5. The van der Waals surface area contributed by atoms with Crippen molar-refractivity contribution in [3.8, 4) is 0 Å². The van der Waals surface area contributed by atoms with Crippen molar-refractivity contribution in [2.45, 2.75) is 18.7 Å². The number of nitrogens with one attached hydrogen (secondary N) is 2. The van der Waals surface area contributed by atoms with Crippen LogP contribution >= 0.6 is 23.5 Å². The van der Waals surface area contributed by atoms with Crippen LogP contribution in [0.15, 0.2) is 65.7 Å². The third-order valence-electron chi connectivity index (χ3n) is 3.66. The fourth-order valence-corrected chi connectivity index (χ4v) is 3.29. The Kier molecular flexibility index (Phi) is 5.81. The summed E-state index contributed by atoms with van der Waals surface area (Å²) in [5.74, 6) is -0.223. The Morgan fingerprint density at radius 3 is 2.42 bits per heavy atom. The number of pyridine rings is 1. The van der Waals surface area contributed by atoms with Gasteiger partial charge in [0.25, 0.3) is 5.91 Å². The largest absolute Gasteiger partial charge is 0.324 e. The van der Waals surface area contributed by atoms with Gasteiger partial charge in [0.05, 0.1) is 10.7 Å². The Labute approximate surface area is 162 Å². The monoisotopic (exact) mass is 383 g/mol. The zero-order chi connectivity index (χ0) is 18.5. The summed E-state index contributed by atoms with van der Waals surface area (Å²) in [6.45, 7) is 3.93.